The topological polar surface area (TPSA) is 99.8 Å². The average Bonchev–Trinajstić information content (AvgIpc) is 2.39. The third-order valence-electron chi connectivity index (χ3n) is 3.09. The van der Waals surface area contributed by atoms with E-state index in [4.69, 9.17) is 10.8 Å². The molecular weight excluding hydrogens is 248 g/mol. The lowest BCUT2D eigenvalue weighted by molar-refractivity contribution is -0.138. The van der Waals surface area contributed by atoms with Crippen molar-refractivity contribution in [2.75, 3.05) is 37.6 Å². The number of aromatic nitrogens is 1. The van der Waals surface area contributed by atoms with E-state index < -0.39 is 11.9 Å². The molecule has 0 bridgehead atoms. The lowest BCUT2D eigenvalue weighted by Gasteiger charge is -2.34. The summed E-state index contributed by atoms with van der Waals surface area (Å²) in [4.78, 5) is 29.8. The molecule has 7 heteroatoms. The number of amides is 1. The van der Waals surface area contributed by atoms with Crippen molar-refractivity contribution in [3.8, 4) is 0 Å². The Bertz CT molecular complexity index is 484. The second-order valence-corrected chi connectivity index (χ2v) is 4.42. The van der Waals surface area contributed by atoms with Crippen LogP contribution in [0.25, 0.3) is 0 Å². The third-order valence-corrected chi connectivity index (χ3v) is 3.09. The summed E-state index contributed by atoms with van der Waals surface area (Å²) in [5, 5.41) is 8.73. The molecule has 102 valence electrons. The van der Waals surface area contributed by atoms with E-state index in [9.17, 15) is 9.59 Å². The van der Waals surface area contributed by atoms with Crippen molar-refractivity contribution in [1.82, 2.24) is 9.88 Å². The van der Waals surface area contributed by atoms with Crippen molar-refractivity contribution in [3.63, 3.8) is 0 Å². The number of rotatable bonds is 4. The normalized spacial score (nSPS) is 16.3. The maximum absolute atomic E-state index is 11.1. The summed E-state index contributed by atoms with van der Waals surface area (Å²) in [5.74, 6) is -0.596. The lowest BCUT2D eigenvalue weighted by Crippen LogP contribution is -2.48. The van der Waals surface area contributed by atoms with Crippen LogP contribution in [0.15, 0.2) is 18.3 Å². The van der Waals surface area contributed by atoms with E-state index >= 15 is 0 Å². The van der Waals surface area contributed by atoms with E-state index in [0.29, 0.717) is 37.6 Å². The van der Waals surface area contributed by atoms with Gasteiger partial charge in [0.2, 0.25) is 5.91 Å². The molecule has 19 heavy (non-hydrogen) atoms. The number of carbonyl (C=O) groups excluding carboxylic acids is 1. The van der Waals surface area contributed by atoms with Crippen LogP contribution in [0, 0.1) is 0 Å². The number of primary amides is 1. The molecule has 2 heterocycles. The van der Waals surface area contributed by atoms with Crippen molar-refractivity contribution < 1.29 is 14.7 Å². The van der Waals surface area contributed by atoms with E-state index in [0.717, 1.165) is 0 Å². The number of hydrogen-bond donors (Lipinski definition) is 2. The minimum atomic E-state index is -0.817. The Hall–Kier alpha value is -2.15. The molecule has 0 unspecified atom stereocenters. The molecule has 1 aliphatic rings. The number of hydrogen-bond acceptors (Lipinski definition) is 5. The fourth-order valence-electron chi connectivity index (χ4n) is 2.07. The number of piperazine rings is 1. The van der Waals surface area contributed by atoms with Crippen LogP contribution in [0.4, 0.5) is 5.82 Å². The monoisotopic (exact) mass is 264 g/mol. The number of carboxylic acids is 1. The van der Waals surface area contributed by atoms with Crippen molar-refractivity contribution in [2.24, 2.45) is 5.73 Å². The molecule has 0 atom stereocenters. The van der Waals surface area contributed by atoms with E-state index in [-0.39, 0.29) is 6.54 Å². The molecular formula is C12H16N4O3. The van der Waals surface area contributed by atoms with Crippen LogP contribution in [0.3, 0.4) is 0 Å². The average molecular weight is 264 g/mol. The first kappa shape index (κ1) is 13.3. The number of anilines is 1. The molecule has 0 aliphatic carbocycles. The minimum Gasteiger partial charge on any atom is -0.480 e. The Labute approximate surface area is 110 Å². The number of nitrogens with two attached hydrogens (primary N) is 1. The molecule has 1 aliphatic heterocycles. The Morgan fingerprint density at radius 3 is 2.58 bits per heavy atom. The van der Waals surface area contributed by atoms with Gasteiger partial charge in [-0.05, 0) is 12.1 Å². The number of aliphatic carboxylic acids is 1. The van der Waals surface area contributed by atoms with Crippen molar-refractivity contribution in [2.45, 2.75) is 0 Å². The Balaban J connectivity index is 1.99. The Morgan fingerprint density at radius 2 is 2.00 bits per heavy atom. The first-order valence-corrected chi connectivity index (χ1v) is 6.01. The second kappa shape index (κ2) is 5.66. The molecule has 2 rings (SSSR count). The highest BCUT2D eigenvalue weighted by Crippen LogP contribution is 2.14. The smallest absolute Gasteiger partial charge is 0.317 e. The maximum Gasteiger partial charge on any atom is 0.317 e. The van der Waals surface area contributed by atoms with Crippen LogP contribution >= 0.6 is 0 Å². The zero-order chi connectivity index (χ0) is 13.8. The summed E-state index contributed by atoms with van der Waals surface area (Å²) in [6.45, 7) is 2.75. The molecule has 1 amide bonds. The summed E-state index contributed by atoms with van der Waals surface area (Å²) >= 11 is 0. The standard InChI is InChI=1S/C12H16N4O3/c13-12(19)9-1-2-14-10(7-9)16-5-3-15(4-6-16)8-11(17)18/h1-2,7H,3-6,8H2,(H2,13,19)(H,17,18). The van der Waals surface area contributed by atoms with Crippen LogP contribution in [0.2, 0.25) is 0 Å². The molecule has 0 radical (unpaired) electrons. The second-order valence-electron chi connectivity index (χ2n) is 4.42. The highest BCUT2D eigenvalue weighted by Gasteiger charge is 2.19. The van der Waals surface area contributed by atoms with Gasteiger partial charge in [0.05, 0.1) is 6.54 Å². The zero-order valence-corrected chi connectivity index (χ0v) is 10.5. The van der Waals surface area contributed by atoms with Gasteiger partial charge in [0.1, 0.15) is 5.82 Å². The zero-order valence-electron chi connectivity index (χ0n) is 10.5. The van der Waals surface area contributed by atoms with E-state index in [1.165, 1.54) is 0 Å². The highest BCUT2D eigenvalue weighted by molar-refractivity contribution is 5.93. The lowest BCUT2D eigenvalue weighted by atomic mass is 10.2. The van der Waals surface area contributed by atoms with Gasteiger partial charge in [-0.3, -0.25) is 14.5 Å². The van der Waals surface area contributed by atoms with Gasteiger partial charge >= 0.3 is 5.97 Å². The maximum atomic E-state index is 11.1. The van der Waals surface area contributed by atoms with Crippen LogP contribution in [0.5, 0.6) is 0 Å². The van der Waals surface area contributed by atoms with Crippen molar-refractivity contribution >= 4 is 17.7 Å². The van der Waals surface area contributed by atoms with Gasteiger partial charge in [-0.25, -0.2) is 4.98 Å². The fraction of sp³-hybridized carbons (Fsp3) is 0.417. The summed E-state index contributed by atoms with van der Waals surface area (Å²) in [7, 11) is 0. The predicted octanol–water partition coefficient (Wildman–Crippen LogP) is -0.613. The number of carboxylic acid groups (broad SMARTS) is 1. The minimum absolute atomic E-state index is 0.0581. The van der Waals surface area contributed by atoms with Gasteiger partial charge in [-0.15, -0.1) is 0 Å². The number of pyridine rings is 1. The van der Waals surface area contributed by atoms with Gasteiger partial charge in [0, 0.05) is 37.9 Å². The summed E-state index contributed by atoms with van der Waals surface area (Å²) in [5.41, 5.74) is 5.66. The largest absolute Gasteiger partial charge is 0.480 e. The quantitative estimate of drug-likeness (QED) is 0.752. The fourth-order valence-corrected chi connectivity index (χ4v) is 2.07. The van der Waals surface area contributed by atoms with Crippen LogP contribution in [-0.2, 0) is 4.79 Å². The first-order chi connectivity index (χ1) is 9.06. The van der Waals surface area contributed by atoms with Gasteiger partial charge < -0.3 is 15.7 Å². The van der Waals surface area contributed by atoms with Crippen LogP contribution < -0.4 is 10.6 Å². The van der Waals surface area contributed by atoms with Crippen LogP contribution in [0.1, 0.15) is 10.4 Å². The molecule has 3 N–H and O–H groups in total. The van der Waals surface area contributed by atoms with E-state index in [1.54, 1.807) is 18.3 Å². The van der Waals surface area contributed by atoms with Crippen molar-refractivity contribution in [1.29, 1.82) is 0 Å². The summed E-state index contributed by atoms with van der Waals surface area (Å²) in [6, 6.07) is 3.24. The predicted molar refractivity (Wildman–Crippen MR) is 69.0 cm³/mol. The number of carbonyl (C=O) groups is 2. The van der Waals surface area contributed by atoms with E-state index in [1.807, 2.05) is 9.80 Å². The molecule has 1 aromatic heterocycles. The summed E-state index contributed by atoms with van der Waals surface area (Å²) in [6.07, 6.45) is 1.55. The Kier molecular flexibility index (Phi) is 3.96. The van der Waals surface area contributed by atoms with Crippen molar-refractivity contribution in [3.05, 3.63) is 23.9 Å². The summed E-state index contributed by atoms with van der Waals surface area (Å²) < 4.78 is 0. The van der Waals surface area contributed by atoms with E-state index in [2.05, 4.69) is 4.98 Å². The van der Waals surface area contributed by atoms with Gasteiger partial charge in [0.15, 0.2) is 0 Å². The molecule has 1 fully saturated rings. The molecule has 0 spiro atoms. The molecule has 1 saturated heterocycles. The van der Waals surface area contributed by atoms with Crippen LogP contribution in [-0.4, -0.2) is 59.6 Å². The first-order valence-electron chi connectivity index (χ1n) is 6.01. The van der Waals surface area contributed by atoms with Gasteiger partial charge in [-0.1, -0.05) is 0 Å². The third kappa shape index (κ3) is 3.41. The molecule has 1 aromatic rings. The molecule has 7 nitrogen and oxygen atoms in total. The molecule has 0 saturated carbocycles. The highest BCUT2D eigenvalue weighted by atomic mass is 16.4. The van der Waals surface area contributed by atoms with Gasteiger partial charge in [0.25, 0.3) is 0 Å². The molecule has 0 aromatic carbocycles. The van der Waals surface area contributed by atoms with Gasteiger partial charge in [-0.2, -0.15) is 0 Å². The number of nitrogens with zero attached hydrogens (tertiary/aromatic N) is 3. The Morgan fingerprint density at radius 1 is 1.32 bits per heavy atom. The SMILES string of the molecule is NC(=O)c1ccnc(N2CCN(CC(=O)O)CC2)c1.